The van der Waals surface area contributed by atoms with Gasteiger partial charge in [0.25, 0.3) is 5.91 Å². The van der Waals surface area contributed by atoms with Gasteiger partial charge >= 0.3 is 0 Å². The highest BCUT2D eigenvalue weighted by atomic mass is 35.5. The minimum atomic E-state index is -4.28. The fourth-order valence-electron chi connectivity index (χ4n) is 3.97. The molecule has 0 bridgehead atoms. The van der Waals surface area contributed by atoms with E-state index >= 15 is 0 Å². The Morgan fingerprint density at radius 1 is 1.00 bits per heavy atom. The summed E-state index contributed by atoms with van der Waals surface area (Å²) in [6, 6.07) is 18.6. The number of ether oxygens (including phenoxy) is 1. The molecule has 1 saturated heterocycles. The molecule has 10 heteroatoms. The Hall–Kier alpha value is -2.91. The van der Waals surface area contributed by atoms with Gasteiger partial charge in [-0.05, 0) is 54.4 Å². The second kappa shape index (κ2) is 10.4. The van der Waals surface area contributed by atoms with Crippen LogP contribution in [0.2, 0.25) is 10.0 Å². The Kier molecular flexibility index (Phi) is 7.47. The summed E-state index contributed by atoms with van der Waals surface area (Å²) in [5.74, 6) is -0.565. The highest BCUT2D eigenvalue weighted by Crippen LogP contribution is 2.33. The largest absolute Gasteiger partial charge is 0.497 e. The zero-order valence-electron chi connectivity index (χ0n) is 18.7. The SMILES string of the molecule is COc1ccc(N2C(=O)CC(N(CCc3ccccc3)S(=O)(=O)c3cc(Cl)ccc3Cl)C2=O)cc1. The first kappa shape index (κ1) is 25.2. The topological polar surface area (TPSA) is 84.0 Å². The van der Waals surface area contributed by atoms with E-state index in [0.717, 1.165) is 14.8 Å². The Bertz CT molecular complexity index is 1350. The molecule has 3 aromatic rings. The monoisotopic (exact) mass is 532 g/mol. The second-order valence-electron chi connectivity index (χ2n) is 7.91. The zero-order valence-corrected chi connectivity index (χ0v) is 21.1. The maximum absolute atomic E-state index is 13.8. The number of amides is 2. The van der Waals surface area contributed by atoms with Crippen LogP contribution in [0.4, 0.5) is 5.69 Å². The third-order valence-electron chi connectivity index (χ3n) is 5.74. The van der Waals surface area contributed by atoms with Crippen molar-refractivity contribution in [2.75, 3.05) is 18.6 Å². The highest BCUT2D eigenvalue weighted by Gasteiger charge is 2.47. The number of hydrogen-bond donors (Lipinski definition) is 0. The van der Waals surface area contributed by atoms with Crippen LogP contribution in [0.1, 0.15) is 12.0 Å². The summed E-state index contributed by atoms with van der Waals surface area (Å²) in [6.45, 7) is -0.0324. The van der Waals surface area contributed by atoms with E-state index in [1.54, 1.807) is 24.3 Å². The molecule has 0 saturated carbocycles. The minimum absolute atomic E-state index is 0.0251. The fraction of sp³-hybridized carbons (Fsp3) is 0.200. The van der Waals surface area contributed by atoms with Crippen LogP contribution in [0.5, 0.6) is 5.75 Å². The number of carbonyl (C=O) groups is 2. The van der Waals surface area contributed by atoms with Gasteiger partial charge in [0.2, 0.25) is 15.9 Å². The van der Waals surface area contributed by atoms with Gasteiger partial charge in [-0.2, -0.15) is 4.31 Å². The van der Waals surface area contributed by atoms with E-state index in [0.29, 0.717) is 17.9 Å². The van der Waals surface area contributed by atoms with Crippen molar-refractivity contribution in [2.24, 2.45) is 0 Å². The molecule has 1 fully saturated rings. The maximum atomic E-state index is 13.8. The van der Waals surface area contributed by atoms with Gasteiger partial charge in [-0.3, -0.25) is 9.59 Å². The van der Waals surface area contributed by atoms with Crippen molar-refractivity contribution in [3.63, 3.8) is 0 Å². The van der Waals surface area contributed by atoms with Crippen molar-refractivity contribution in [1.82, 2.24) is 4.31 Å². The van der Waals surface area contributed by atoms with E-state index in [1.165, 1.54) is 25.3 Å². The summed E-state index contributed by atoms with van der Waals surface area (Å²) in [5.41, 5.74) is 1.22. The van der Waals surface area contributed by atoms with Gasteiger partial charge in [-0.25, -0.2) is 13.3 Å². The molecule has 0 aliphatic carbocycles. The van der Waals surface area contributed by atoms with Crippen molar-refractivity contribution in [2.45, 2.75) is 23.8 Å². The Morgan fingerprint density at radius 3 is 2.34 bits per heavy atom. The summed E-state index contributed by atoms with van der Waals surface area (Å²) in [5, 5.41) is 0.160. The van der Waals surface area contributed by atoms with Gasteiger partial charge in [0.05, 0.1) is 24.2 Å². The summed E-state index contributed by atoms with van der Waals surface area (Å²) in [4.78, 5) is 27.2. The van der Waals surface area contributed by atoms with Gasteiger partial charge in [0.1, 0.15) is 16.7 Å². The first-order valence-electron chi connectivity index (χ1n) is 10.7. The number of nitrogens with zero attached hydrogens (tertiary/aromatic N) is 2. The third kappa shape index (κ3) is 5.21. The van der Waals surface area contributed by atoms with E-state index in [4.69, 9.17) is 27.9 Å². The number of benzene rings is 3. The van der Waals surface area contributed by atoms with Gasteiger partial charge in [-0.1, -0.05) is 53.5 Å². The lowest BCUT2D eigenvalue weighted by atomic mass is 10.1. The molecule has 182 valence electrons. The van der Waals surface area contributed by atoms with E-state index in [9.17, 15) is 18.0 Å². The molecule has 0 radical (unpaired) electrons. The number of halogens is 2. The molecular formula is C25H22Cl2N2O5S. The molecule has 0 spiro atoms. The molecule has 4 rings (SSSR count). The predicted octanol–water partition coefficient (Wildman–Crippen LogP) is 4.57. The Morgan fingerprint density at radius 2 is 1.69 bits per heavy atom. The number of carbonyl (C=O) groups excluding carboxylic acids is 2. The summed E-state index contributed by atoms with van der Waals surface area (Å²) < 4.78 is 33.7. The standard InChI is InChI=1S/C25H22Cl2N2O5S/c1-34-20-10-8-19(9-11-20)29-24(30)16-22(25(29)31)28(14-13-17-5-3-2-4-6-17)35(32,33)23-15-18(26)7-12-21(23)27/h2-12,15,22H,13-14,16H2,1H3. The summed E-state index contributed by atoms with van der Waals surface area (Å²) in [7, 11) is -2.78. The lowest BCUT2D eigenvalue weighted by Gasteiger charge is -2.27. The van der Waals surface area contributed by atoms with Crippen LogP contribution >= 0.6 is 23.2 Å². The van der Waals surface area contributed by atoms with Gasteiger partial charge in [0, 0.05) is 11.6 Å². The van der Waals surface area contributed by atoms with Crippen LogP contribution in [-0.4, -0.2) is 44.2 Å². The van der Waals surface area contributed by atoms with Crippen molar-refractivity contribution in [3.8, 4) is 5.75 Å². The minimum Gasteiger partial charge on any atom is -0.497 e. The lowest BCUT2D eigenvalue weighted by Crippen LogP contribution is -2.46. The molecule has 35 heavy (non-hydrogen) atoms. The average molecular weight is 533 g/mol. The molecule has 1 atom stereocenters. The number of imide groups is 1. The maximum Gasteiger partial charge on any atom is 0.252 e. The first-order chi connectivity index (χ1) is 16.7. The number of hydrogen-bond acceptors (Lipinski definition) is 5. The predicted molar refractivity (Wildman–Crippen MR) is 134 cm³/mol. The van der Waals surface area contributed by atoms with Crippen LogP contribution in [-0.2, 0) is 26.0 Å². The second-order valence-corrected chi connectivity index (χ2v) is 10.6. The van der Waals surface area contributed by atoms with Gasteiger partial charge in [0.15, 0.2) is 0 Å². The van der Waals surface area contributed by atoms with Gasteiger partial charge < -0.3 is 4.74 Å². The van der Waals surface area contributed by atoms with Crippen molar-refractivity contribution >= 4 is 50.7 Å². The Balaban J connectivity index is 1.72. The molecule has 0 N–H and O–H groups in total. The highest BCUT2D eigenvalue weighted by molar-refractivity contribution is 7.89. The summed E-state index contributed by atoms with van der Waals surface area (Å²) in [6.07, 6.45) is 0.0375. The molecule has 3 aromatic carbocycles. The number of anilines is 1. The molecule has 1 unspecified atom stereocenters. The molecule has 1 aliphatic heterocycles. The van der Waals surface area contributed by atoms with Crippen LogP contribution in [0.3, 0.4) is 0 Å². The number of sulfonamides is 1. The van der Waals surface area contributed by atoms with E-state index in [-0.39, 0.29) is 27.9 Å². The van der Waals surface area contributed by atoms with Crippen LogP contribution in [0, 0.1) is 0 Å². The lowest BCUT2D eigenvalue weighted by molar-refractivity contribution is -0.122. The number of rotatable bonds is 8. The van der Waals surface area contributed by atoms with Crippen molar-refractivity contribution in [1.29, 1.82) is 0 Å². The van der Waals surface area contributed by atoms with Crippen molar-refractivity contribution < 1.29 is 22.7 Å². The molecule has 7 nitrogen and oxygen atoms in total. The van der Waals surface area contributed by atoms with Gasteiger partial charge in [-0.15, -0.1) is 0 Å². The van der Waals surface area contributed by atoms with E-state index < -0.39 is 27.9 Å². The normalized spacial score (nSPS) is 16.2. The molecule has 1 heterocycles. The van der Waals surface area contributed by atoms with Crippen LogP contribution < -0.4 is 9.64 Å². The van der Waals surface area contributed by atoms with E-state index in [2.05, 4.69) is 0 Å². The van der Waals surface area contributed by atoms with E-state index in [1.807, 2.05) is 30.3 Å². The smallest absolute Gasteiger partial charge is 0.252 e. The third-order valence-corrected chi connectivity index (χ3v) is 8.37. The zero-order chi connectivity index (χ0) is 25.2. The molecule has 1 aliphatic rings. The van der Waals surface area contributed by atoms with Crippen molar-refractivity contribution in [3.05, 3.63) is 88.4 Å². The van der Waals surface area contributed by atoms with Crippen LogP contribution in [0.25, 0.3) is 0 Å². The molecular weight excluding hydrogens is 511 g/mol. The average Bonchev–Trinajstić information content (AvgIpc) is 3.14. The van der Waals surface area contributed by atoms with Crippen LogP contribution in [0.15, 0.2) is 77.7 Å². The summed E-state index contributed by atoms with van der Waals surface area (Å²) >= 11 is 12.3. The Labute approximate surface area is 213 Å². The quantitative estimate of drug-likeness (QED) is 0.397. The molecule has 0 aromatic heterocycles. The first-order valence-corrected chi connectivity index (χ1v) is 12.9. The molecule has 2 amide bonds. The number of methoxy groups -OCH3 is 1. The fourth-order valence-corrected chi connectivity index (χ4v) is 6.29.